The molecule has 0 radical (unpaired) electrons. The molecule has 0 aromatic carbocycles. The smallest absolute Gasteiger partial charge is 0.352 e. The van der Waals surface area contributed by atoms with Gasteiger partial charge < -0.3 is 15.7 Å². The molecule has 1 amide bonds. The van der Waals surface area contributed by atoms with E-state index in [1.165, 1.54) is 16.7 Å². The predicted octanol–water partition coefficient (Wildman–Crippen LogP) is -1.64. The van der Waals surface area contributed by atoms with E-state index in [1.807, 2.05) is 19.0 Å². The van der Waals surface area contributed by atoms with Crippen molar-refractivity contribution in [3.05, 3.63) is 17.1 Å². The molecule has 0 bridgehead atoms. The normalized spacial score (nSPS) is 23.5. The van der Waals surface area contributed by atoms with Crippen molar-refractivity contribution in [2.45, 2.75) is 24.4 Å². The third kappa shape index (κ3) is 2.89. The predicted molar refractivity (Wildman–Crippen MR) is 85.8 cm³/mol. The van der Waals surface area contributed by atoms with Crippen LogP contribution in [0, 0.1) is 0 Å². The molecule has 1 fully saturated rings. The van der Waals surface area contributed by atoms with Crippen LogP contribution in [-0.2, 0) is 22.6 Å². The lowest BCUT2D eigenvalue weighted by Gasteiger charge is -2.48. The molecule has 1 saturated heterocycles. The minimum atomic E-state index is -1.12. The van der Waals surface area contributed by atoms with Gasteiger partial charge in [-0.15, -0.1) is 16.9 Å². The topological polar surface area (TPSA) is 130 Å². The summed E-state index contributed by atoms with van der Waals surface area (Å²) >= 11 is 1.47. The third-order valence-electron chi connectivity index (χ3n) is 4.03. The molecule has 11 heteroatoms. The van der Waals surface area contributed by atoms with E-state index in [9.17, 15) is 14.7 Å². The van der Waals surface area contributed by atoms with Gasteiger partial charge in [-0.1, -0.05) is 0 Å². The van der Waals surface area contributed by atoms with E-state index in [4.69, 9.17) is 5.73 Å². The third-order valence-corrected chi connectivity index (χ3v) is 5.39. The van der Waals surface area contributed by atoms with Gasteiger partial charge in [0.25, 0.3) is 0 Å². The van der Waals surface area contributed by atoms with E-state index >= 15 is 0 Å². The van der Waals surface area contributed by atoms with E-state index in [0.29, 0.717) is 30.1 Å². The second-order valence-electron chi connectivity index (χ2n) is 5.99. The molecule has 1 aromatic rings. The zero-order chi connectivity index (χ0) is 17.4. The van der Waals surface area contributed by atoms with Crippen LogP contribution in [0.1, 0.15) is 5.82 Å². The maximum atomic E-state index is 11.9. The van der Waals surface area contributed by atoms with Crippen LogP contribution < -0.4 is 5.73 Å². The van der Waals surface area contributed by atoms with Crippen molar-refractivity contribution in [2.75, 3.05) is 26.4 Å². The Kier molecular flexibility index (Phi) is 4.56. The lowest BCUT2D eigenvalue weighted by atomic mass is 10.0. The fourth-order valence-corrected chi connectivity index (χ4v) is 4.02. The summed E-state index contributed by atoms with van der Waals surface area (Å²) in [4.78, 5) is 26.9. The summed E-state index contributed by atoms with van der Waals surface area (Å²) in [6.45, 7) is 1.37. The van der Waals surface area contributed by atoms with Crippen molar-refractivity contribution in [1.29, 1.82) is 0 Å². The highest BCUT2D eigenvalue weighted by Crippen LogP contribution is 2.40. The molecule has 2 aliphatic heterocycles. The maximum Gasteiger partial charge on any atom is 0.352 e. The lowest BCUT2D eigenvalue weighted by molar-refractivity contribution is -0.148. The number of nitrogens with two attached hydrogens (primary N) is 1. The highest BCUT2D eigenvalue weighted by atomic mass is 32.2. The zero-order valence-electron chi connectivity index (χ0n) is 13.4. The Balaban J connectivity index is 1.84. The van der Waals surface area contributed by atoms with Gasteiger partial charge in [0.2, 0.25) is 5.91 Å². The van der Waals surface area contributed by atoms with Crippen molar-refractivity contribution in [1.82, 2.24) is 30.0 Å². The van der Waals surface area contributed by atoms with Gasteiger partial charge in [-0.25, -0.2) is 9.48 Å². The fraction of sp³-hybridized carbons (Fsp3) is 0.615. The van der Waals surface area contributed by atoms with Gasteiger partial charge >= 0.3 is 5.97 Å². The first-order valence-corrected chi connectivity index (χ1v) is 8.50. The molecular weight excluding hydrogens is 334 g/mol. The number of nitrogens with zero attached hydrogens (tertiary/aromatic N) is 6. The summed E-state index contributed by atoms with van der Waals surface area (Å²) in [5, 5.41) is 20.9. The van der Waals surface area contributed by atoms with Gasteiger partial charge in [0, 0.05) is 18.7 Å². The van der Waals surface area contributed by atoms with Gasteiger partial charge in [0.1, 0.15) is 17.1 Å². The average molecular weight is 353 g/mol. The first-order valence-electron chi connectivity index (χ1n) is 7.45. The van der Waals surface area contributed by atoms with Gasteiger partial charge in [-0.05, 0) is 30.1 Å². The molecule has 3 rings (SSSR count). The standard InChI is InChI=1S/C13H19N7O3S/c1-18(2)3-4-19-8(15-16-17-19)5-7-6-24-12-9(14)11(21)20(12)10(7)13(22)23/h9,12H,3-6,14H2,1-2H3,(H,22,23)/t9?,12-/m0/s1. The zero-order valence-corrected chi connectivity index (χ0v) is 14.2. The van der Waals surface area contributed by atoms with Crippen LogP contribution >= 0.6 is 11.8 Å². The molecule has 2 atom stereocenters. The minimum Gasteiger partial charge on any atom is -0.477 e. The molecule has 2 aliphatic rings. The molecule has 130 valence electrons. The van der Waals surface area contributed by atoms with Gasteiger partial charge in [-0.3, -0.25) is 9.69 Å². The minimum absolute atomic E-state index is 0.0209. The number of hydrogen-bond acceptors (Lipinski definition) is 8. The number of likely N-dealkylation sites (N-methyl/N-ethyl adjacent to an activating group) is 1. The van der Waals surface area contributed by atoms with Crippen molar-refractivity contribution in [3.8, 4) is 0 Å². The number of hydrogen-bond donors (Lipinski definition) is 2. The Labute approximate surface area is 142 Å². The van der Waals surface area contributed by atoms with Crippen molar-refractivity contribution in [3.63, 3.8) is 0 Å². The maximum absolute atomic E-state index is 11.9. The molecule has 0 spiro atoms. The van der Waals surface area contributed by atoms with Crippen LogP contribution in [0.25, 0.3) is 0 Å². The molecule has 10 nitrogen and oxygen atoms in total. The SMILES string of the molecule is CN(C)CCn1nnnc1CC1=C(C(=O)O)N2C(=O)C(N)[C@@H]2SC1. The number of carboxylic acid groups (broad SMARTS) is 1. The second-order valence-corrected chi connectivity index (χ2v) is 7.10. The van der Waals surface area contributed by atoms with Gasteiger partial charge in [0.05, 0.1) is 6.54 Å². The highest BCUT2D eigenvalue weighted by molar-refractivity contribution is 8.00. The molecule has 3 heterocycles. The number of carboxylic acids is 1. The number of aromatic nitrogens is 4. The molecule has 24 heavy (non-hydrogen) atoms. The van der Waals surface area contributed by atoms with E-state index < -0.39 is 12.0 Å². The van der Waals surface area contributed by atoms with Gasteiger partial charge in [-0.2, -0.15) is 0 Å². The number of amides is 1. The summed E-state index contributed by atoms with van der Waals surface area (Å²) in [5.41, 5.74) is 6.39. The van der Waals surface area contributed by atoms with Crippen molar-refractivity contribution < 1.29 is 14.7 Å². The van der Waals surface area contributed by atoms with Crippen LogP contribution in [0.15, 0.2) is 11.3 Å². The number of fused-ring (bicyclic) bond motifs is 1. The molecule has 0 saturated carbocycles. The van der Waals surface area contributed by atoms with Crippen LogP contribution in [0.2, 0.25) is 0 Å². The molecule has 1 unspecified atom stereocenters. The highest BCUT2D eigenvalue weighted by Gasteiger charge is 2.51. The number of thioether (sulfide) groups is 1. The average Bonchev–Trinajstić information content (AvgIpc) is 2.98. The molecule has 0 aliphatic carbocycles. The summed E-state index contributed by atoms with van der Waals surface area (Å²) < 4.78 is 1.66. The summed E-state index contributed by atoms with van der Waals surface area (Å²) in [5.74, 6) is -0.399. The molecule has 3 N–H and O–H groups in total. The van der Waals surface area contributed by atoms with Crippen LogP contribution in [0.5, 0.6) is 0 Å². The van der Waals surface area contributed by atoms with E-state index in [2.05, 4.69) is 15.5 Å². The Morgan fingerprint density at radius 1 is 1.50 bits per heavy atom. The number of rotatable bonds is 6. The van der Waals surface area contributed by atoms with E-state index in [-0.39, 0.29) is 17.0 Å². The van der Waals surface area contributed by atoms with Crippen LogP contribution in [0.3, 0.4) is 0 Å². The summed E-state index contributed by atoms with van der Waals surface area (Å²) in [6, 6.07) is -0.628. The van der Waals surface area contributed by atoms with E-state index in [1.54, 1.807) is 4.68 Å². The number of carbonyl (C=O) groups is 2. The number of β-lactam (4-membered cyclic amide) rings is 1. The monoisotopic (exact) mass is 353 g/mol. The quantitative estimate of drug-likeness (QED) is 0.578. The first-order chi connectivity index (χ1) is 11.4. The number of tetrazole rings is 1. The van der Waals surface area contributed by atoms with E-state index in [0.717, 1.165) is 6.54 Å². The number of aliphatic carboxylic acids is 1. The summed E-state index contributed by atoms with van der Waals surface area (Å²) in [7, 11) is 3.90. The fourth-order valence-electron chi connectivity index (χ4n) is 2.72. The Morgan fingerprint density at radius 2 is 2.25 bits per heavy atom. The number of carbonyl (C=O) groups excluding carboxylic acids is 1. The largest absolute Gasteiger partial charge is 0.477 e. The lowest BCUT2D eigenvalue weighted by Crippen LogP contribution is -2.68. The Hall–Kier alpha value is -1.98. The van der Waals surface area contributed by atoms with Crippen molar-refractivity contribution in [2.24, 2.45) is 5.73 Å². The Morgan fingerprint density at radius 3 is 2.92 bits per heavy atom. The summed E-state index contributed by atoms with van der Waals surface area (Å²) in [6.07, 6.45) is 0.292. The second kappa shape index (κ2) is 6.49. The molecular formula is C13H19N7O3S. The van der Waals surface area contributed by atoms with Crippen LogP contribution in [0.4, 0.5) is 0 Å². The Bertz CT molecular complexity index is 701. The molecule has 1 aromatic heterocycles. The van der Waals surface area contributed by atoms with Crippen molar-refractivity contribution >= 4 is 23.6 Å². The van der Waals surface area contributed by atoms with Crippen LogP contribution in [-0.4, -0.2) is 84.8 Å². The van der Waals surface area contributed by atoms with Gasteiger partial charge in [0.15, 0.2) is 5.82 Å². The first kappa shape index (κ1) is 16.9.